The van der Waals surface area contributed by atoms with E-state index in [1.165, 1.54) is 12.7 Å². The summed E-state index contributed by atoms with van der Waals surface area (Å²) in [7, 11) is -4.58. The summed E-state index contributed by atoms with van der Waals surface area (Å²) < 4.78 is 36.5. The van der Waals surface area contributed by atoms with E-state index in [1.807, 2.05) is 20.8 Å². The van der Waals surface area contributed by atoms with Crippen molar-refractivity contribution in [2.45, 2.75) is 77.6 Å². The van der Waals surface area contributed by atoms with Gasteiger partial charge in [0.25, 0.3) is 7.82 Å². The fourth-order valence-electron chi connectivity index (χ4n) is 3.07. The van der Waals surface area contributed by atoms with Crippen LogP contribution in [-0.4, -0.2) is 49.5 Å². The molecule has 4 atom stereocenters. The van der Waals surface area contributed by atoms with Gasteiger partial charge in [-0.3, -0.25) is 9.13 Å². The second kappa shape index (κ2) is 8.14. The average Bonchev–Trinajstić information content (AvgIpc) is 3.14. The number of hydrogen-bond donors (Lipinski definition) is 1. The van der Waals surface area contributed by atoms with Gasteiger partial charge >= 0.3 is 0 Å². The van der Waals surface area contributed by atoms with Gasteiger partial charge in [-0.2, -0.15) is 0 Å². The number of aromatic nitrogens is 4. The summed E-state index contributed by atoms with van der Waals surface area (Å²) in [6, 6.07) is 0. The monoisotopic (exact) mass is 442 g/mol. The number of phosphoric ester groups is 1. The molecular weight excluding hydrogens is 413 g/mol. The zero-order chi connectivity index (χ0) is 22.3. The van der Waals surface area contributed by atoms with Crippen LogP contribution in [0, 0.1) is 0 Å². The number of nitrogens with two attached hydrogens (primary N) is 1. The maximum atomic E-state index is 12.4. The van der Waals surface area contributed by atoms with Crippen LogP contribution in [0.2, 0.25) is 0 Å². The molecule has 168 valence electrons. The number of phosphoric acid groups is 1. The van der Waals surface area contributed by atoms with Gasteiger partial charge in [0.1, 0.15) is 24.2 Å². The first-order chi connectivity index (χ1) is 13.7. The third-order valence-corrected chi connectivity index (χ3v) is 5.51. The SMILES string of the molecule is CC(C)(C)OC[C@H]1O[C@@H](n2cnc3c(N)ncnc32)CC1OP(=O)([O-])OC(C)(C)C. The number of imidazole rings is 1. The van der Waals surface area contributed by atoms with E-state index >= 15 is 0 Å². The minimum absolute atomic E-state index is 0.143. The third-order valence-electron chi connectivity index (χ3n) is 4.21. The fourth-order valence-corrected chi connectivity index (χ4v) is 4.34. The summed E-state index contributed by atoms with van der Waals surface area (Å²) in [5.41, 5.74) is 5.44. The van der Waals surface area contributed by atoms with Crippen LogP contribution in [0.25, 0.3) is 11.2 Å². The number of nitrogen functional groups attached to an aromatic ring is 1. The highest BCUT2D eigenvalue weighted by atomic mass is 31.2. The van der Waals surface area contributed by atoms with E-state index in [9.17, 15) is 9.46 Å². The molecule has 11 nitrogen and oxygen atoms in total. The average molecular weight is 442 g/mol. The van der Waals surface area contributed by atoms with Crippen molar-refractivity contribution in [3.8, 4) is 0 Å². The van der Waals surface area contributed by atoms with E-state index < -0.39 is 37.5 Å². The zero-order valence-corrected chi connectivity index (χ0v) is 19.0. The van der Waals surface area contributed by atoms with Crippen molar-refractivity contribution in [1.82, 2.24) is 19.5 Å². The molecule has 2 N–H and O–H groups in total. The van der Waals surface area contributed by atoms with Gasteiger partial charge in [-0.15, -0.1) is 0 Å². The van der Waals surface area contributed by atoms with E-state index in [0.29, 0.717) is 11.2 Å². The number of nitrogens with zero attached hydrogens (tertiary/aromatic N) is 4. The number of rotatable bonds is 6. The molecule has 12 heteroatoms. The predicted molar refractivity (Wildman–Crippen MR) is 107 cm³/mol. The number of ether oxygens (including phenoxy) is 2. The lowest BCUT2D eigenvalue weighted by atomic mass is 10.1. The molecule has 0 radical (unpaired) electrons. The molecule has 3 heterocycles. The van der Waals surface area contributed by atoms with Crippen molar-refractivity contribution < 1.29 is 28.0 Å². The lowest BCUT2D eigenvalue weighted by Gasteiger charge is -2.33. The molecule has 0 aliphatic carbocycles. The lowest BCUT2D eigenvalue weighted by Crippen LogP contribution is -2.34. The van der Waals surface area contributed by atoms with Crippen LogP contribution in [0.4, 0.5) is 5.82 Å². The molecule has 2 unspecified atom stereocenters. The van der Waals surface area contributed by atoms with Crippen LogP contribution >= 0.6 is 7.82 Å². The molecule has 2 aromatic rings. The smallest absolute Gasteiger partial charge is 0.268 e. The summed E-state index contributed by atoms with van der Waals surface area (Å²) >= 11 is 0. The zero-order valence-electron chi connectivity index (χ0n) is 18.1. The van der Waals surface area contributed by atoms with E-state index in [1.54, 1.807) is 25.3 Å². The molecule has 1 aliphatic heterocycles. The summed E-state index contributed by atoms with van der Waals surface area (Å²) in [6.45, 7) is 10.8. The first-order valence-corrected chi connectivity index (χ1v) is 11.1. The predicted octanol–water partition coefficient (Wildman–Crippen LogP) is 2.18. The van der Waals surface area contributed by atoms with Crippen LogP contribution in [-0.2, 0) is 23.1 Å². The molecular formula is C18H29N5O6P-. The van der Waals surface area contributed by atoms with Gasteiger partial charge in [-0.25, -0.2) is 15.0 Å². The number of anilines is 1. The number of hydrogen-bond acceptors (Lipinski definition) is 10. The third kappa shape index (κ3) is 5.75. The summed E-state index contributed by atoms with van der Waals surface area (Å²) in [5.74, 6) is 0.250. The van der Waals surface area contributed by atoms with Gasteiger partial charge in [-0.05, 0) is 41.5 Å². The summed E-state index contributed by atoms with van der Waals surface area (Å²) in [6.07, 6.45) is 1.08. The van der Waals surface area contributed by atoms with E-state index in [2.05, 4.69) is 15.0 Å². The molecule has 30 heavy (non-hydrogen) atoms. The molecule has 0 spiro atoms. The van der Waals surface area contributed by atoms with Gasteiger partial charge in [0.2, 0.25) is 0 Å². The largest absolute Gasteiger partial charge is 0.756 e. The Morgan fingerprint density at radius 3 is 2.57 bits per heavy atom. The maximum absolute atomic E-state index is 12.4. The maximum Gasteiger partial charge on any atom is 0.268 e. The molecule has 1 aliphatic rings. The minimum Gasteiger partial charge on any atom is -0.756 e. The van der Waals surface area contributed by atoms with Crippen molar-refractivity contribution >= 4 is 24.8 Å². The number of fused-ring (bicyclic) bond motifs is 1. The van der Waals surface area contributed by atoms with Crippen LogP contribution in [0.3, 0.4) is 0 Å². The molecule has 2 aromatic heterocycles. The van der Waals surface area contributed by atoms with Crippen molar-refractivity contribution in [2.75, 3.05) is 12.3 Å². The standard InChI is InChI=1S/C18H30N5O6P/c1-17(2,3)26-8-12-11(28-30(24,25)29-18(4,5)6)7-13(27-12)23-10-22-14-15(19)20-9-21-16(14)23/h9-13H,7-8H2,1-6H3,(H,24,25)(H2,19,20,21)/p-1/t11?,12-,13-/m1/s1. The topological polar surface area (TPSA) is 147 Å². The van der Waals surface area contributed by atoms with Gasteiger partial charge in [0.15, 0.2) is 11.5 Å². The van der Waals surface area contributed by atoms with E-state index in [-0.39, 0.29) is 18.8 Å². The van der Waals surface area contributed by atoms with Crippen LogP contribution in [0.5, 0.6) is 0 Å². The second-order valence-electron chi connectivity index (χ2n) is 9.17. The van der Waals surface area contributed by atoms with Crippen molar-refractivity contribution in [3.05, 3.63) is 12.7 Å². The Morgan fingerprint density at radius 1 is 1.23 bits per heavy atom. The Morgan fingerprint density at radius 2 is 1.93 bits per heavy atom. The summed E-state index contributed by atoms with van der Waals surface area (Å²) in [5, 5.41) is 0. The molecule has 0 bridgehead atoms. The Kier molecular flexibility index (Phi) is 6.26. The molecule has 3 rings (SSSR count). The Balaban J connectivity index is 1.84. The lowest BCUT2D eigenvalue weighted by molar-refractivity contribution is -0.240. The first kappa shape index (κ1) is 23.1. The molecule has 0 aromatic carbocycles. The van der Waals surface area contributed by atoms with Crippen molar-refractivity contribution in [2.24, 2.45) is 0 Å². The van der Waals surface area contributed by atoms with Gasteiger partial charge in [-0.1, -0.05) is 0 Å². The summed E-state index contributed by atoms with van der Waals surface area (Å²) in [4.78, 5) is 24.8. The van der Waals surface area contributed by atoms with E-state index in [0.717, 1.165) is 0 Å². The van der Waals surface area contributed by atoms with Gasteiger partial charge in [0, 0.05) is 6.42 Å². The Hall–Kier alpha value is -1.62. The normalized spacial score (nSPS) is 25.0. The fraction of sp³-hybridized carbons (Fsp3) is 0.722. The van der Waals surface area contributed by atoms with E-state index in [4.69, 9.17) is 24.3 Å². The van der Waals surface area contributed by atoms with Crippen molar-refractivity contribution in [1.29, 1.82) is 0 Å². The van der Waals surface area contributed by atoms with Crippen LogP contribution in [0.15, 0.2) is 12.7 Å². The molecule has 1 saturated heterocycles. The first-order valence-electron chi connectivity index (χ1n) is 9.67. The Labute approximate surface area is 175 Å². The quantitative estimate of drug-likeness (QED) is 0.660. The highest BCUT2D eigenvalue weighted by Gasteiger charge is 2.41. The second-order valence-corrected chi connectivity index (χ2v) is 10.5. The molecule has 0 saturated carbocycles. The highest BCUT2D eigenvalue weighted by molar-refractivity contribution is 7.45. The molecule has 1 fully saturated rings. The molecule has 0 amide bonds. The van der Waals surface area contributed by atoms with Crippen molar-refractivity contribution in [3.63, 3.8) is 0 Å². The Bertz CT molecular complexity index is 937. The van der Waals surface area contributed by atoms with Crippen LogP contribution < -0.4 is 10.6 Å². The minimum atomic E-state index is -4.58. The van der Waals surface area contributed by atoms with Gasteiger partial charge in [0.05, 0.1) is 30.2 Å². The van der Waals surface area contributed by atoms with Gasteiger partial charge < -0.3 is 29.1 Å². The van der Waals surface area contributed by atoms with Crippen LogP contribution in [0.1, 0.15) is 54.2 Å². The highest BCUT2D eigenvalue weighted by Crippen LogP contribution is 2.48.